The minimum Gasteiger partial charge on any atom is -0.385 e. The highest BCUT2D eigenvalue weighted by Gasteiger charge is 2.31. The van der Waals surface area contributed by atoms with E-state index in [-0.39, 0.29) is 5.92 Å². The molecule has 3 rings (SSSR count). The molecule has 0 saturated carbocycles. The van der Waals surface area contributed by atoms with Crippen molar-refractivity contribution in [3.8, 4) is 0 Å². The number of nitrogens with zero attached hydrogens (tertiary/aromatic N) is 3. The van der Waals surface area contributed by atoms with Crippen LogP contribution in [0.3, 0.4) is 0 Å². The van der Waals surface area contributed by atoms with Gasteiger partial charge in [-0.3, -0.25) is 4.79 Å². The Balaban J connectivity index is 1.68. The van der Waals surface area contributed by atoms with Crippen LogP contribution >= 0.6 is 0 Å². The van der Waals surface area contributed by atoms with E-state index < -0.39 is 0 Å². The summed E-state index contributed by atoms with van der Waals surface area (Å²) >= 11 is 0. The Bertz CT molecular complexity index is 534. The number of hydrogen-bond donors (Lipinski definition) is 0. The van der Waals surface area contributed by atoms with Gasteiger partial charge < -0.3 is 19.1 Å². The lowest BCUT2D eigenvalue weighted by Gasteiger charge is -2.34. The van der Waals surface area contributed by atoms with Crippen LogP contribution in [0.4, 0.5) is 0 Å². The fourth-order valence-electron chi connectivity index (χ4n) is 4.07. The summed E-state index contributed by atoms with van der Waals surface area (Å²) in [5.74, 6) is 1.04. The van der Waals surface area contributed by atoms with Crippen molar-refractivity contribution in [3.63, 3.8) is 0 Å². The Morgan fingerprint density at radius 1 is 1.29 bits per heavy atom. The van der Waals surface area contributed by atoms with Gasteiger partial charge in [0.05, 0.1) is 6.54 Å². The summed E-state index contributed by atoms with van der Waals surface area (Å²) < 4.78 is 7.59. The maximum atomic E-state index is 13.1. The molecule has 0 spiro atoms. The number of fused-ring (bicyclic) bond motifs is 1. The van der Waals surface area contributed by atoms with Crippen molar-refractivity contribution in [2.24, 2.45) is 11.8 Å². The Morgan fingerprint density at radius 2 is 2.08 bits per heavy atom. The van der Waals surface area contributed by atoms with Crippen molar-refractivity contribution in [3.05, 3.63) is 24.0 Å². The number of likely N-dealkylation sites (tertiary alicyclic amines) is 1. The van der Waals surface area contributed by atoms with Crippen molar-refractivity contribution < 1.29 is 9.53 Å². The Morgan fingerprint density at radius 3 is 2.79 bits per heavy atom. The van der Waals surface area contributed by atoms with Crippen LogP contribution in [-0.2, 0) is 22.6 Å². The van der Waals surface area contributed by atoms with E-state index in [0.29, 0.717) is 11.8 Å². The molecule has 0 N–H and O–H groups in total. The number of amides is 1. The zero-order valence-corrected chi connectivity index (χ0v) is 15.1. The number of aromatic nitrogens is 1. The third-order valence-corrected chi connectivity index (χ3v) is 5.64. The molecule has 0 aliphatic carbocycles. The average molecular weight is 333 g/mol. The maximum Gasteiger partial charge on any atom is 0.226 e. The Labute approximate surface area is 145 Å². The second-order valence-electron chi connectivity index (χ2n) is 7.23. The minimum absolute atomic E-state index is 0.206. The summed E-state index contributed by atoms with van der Waals surface area (Å²) in [7, 11) is 1.75. The van der Waals surface area contributed by atoms with E-state index in [0.717, 1.165) is 65.1 Å². The highest BCUT2D eigenvalue weighted by Crippen LogP contribution is 2.25. The molecule has 5 nitrogen and oxygen atoms in total. The number of carbonyl (C=O) groups excluding carboxylic acids is 1. The van der Waals surface area contributed by atoms with Crippen LogP contribution in [0.25, 0.3) is 0 Å². The zero-order chi connectivity index (χ0) is 16.9. The quantitative estimate of drug-likeness (QED) is 0.829. The summed E-state index contributed by atoms with van der Waals surface area (Å²) in [4.78, 5) is 17.7. The van der Waals surface area contributed by atoms with Crippen molar-refractivity contribution in [2.45, 2.75) is 39.3 Å². The van der Waals surface area contributed by atoms with Gasteiger partial charge in [0.15, 0.2) is 0 Å². The molecule has 134 valence electrons. The molecule has 0 aromatic carbocycles. The molecular weight excluding hydrogens is 302 g/mol. The van der Waals surface area contributed by atoms with E-state index >= 15 is 0 Å². The number of ether oxygens (including phenoxy) is 1. The normalized spacial score (nSPS) is 23.1. The lowest BCUT2D eigenvalue weighted by molar-refractivity contribution is -0.138. The fraction of sp³-hybridized carbons (Fsp3) is 0.737. The van der Waals surface area contributed by atoms with Crippen LogP contribution in [0.15, 0.2) is 18.3 Å². The van der Waals surface area contributed by atoms with E-state index in [2.05, 4.69) is 39.6 Å². The van der Waals surface area contributed by atoms with Crippen molar-refractivity contribution >= 4 is 5.91 Å². The van der Waals surface area contributed by atoms with Gasteiger partial charge in [0, 0.05) is 44.6 Å². The van der Waals surface area contributed by atoms with Crippen LogP contribution < -0.4 is 0 Å². The van der Waals surface area contributed by atoms with Crippen molar-refractivity contribution in [1.82, 2.24) is 14.4 Å². The van der Waals surface area contributed by atoms with Crippen LogP contribution in [0, 0.1) is 11.8 Å². The first-order chi connectivity index (χ1) is 11.7. The summed E-state index contributed by atoms with van der Waals surface area (Å²) in [6, 6.07) is 4.25. The third kappa shape index (κ3) is 4.01. The molecule has 3 heterocycles. The SMILES string of the molecule is CCN1CCC(C(=O)N2Cc3cccn3C[C@@H](CCOC)C2)CC1. The average Bonchev–Trinajstić information content (AvgIpc) is 2.97. The van der Waals surface area contributed by atoms with Crippen LogP contribution in [0.5, 0.6) is 0 Å². The van der Waals surface area contributed by atoms with Gasteiger partial charge >= 0.3 is 0 Å². The van der Waals surface area contributed by atoms with Gasteiger partial charge in [-0.2, -0.15) is 0 Å². The Hall–Kier alpha value is -1.33. The number of piperidine rings is 1. The topological polar surface area (TPSA) is 37.7 Å². The third-order valence-electron chi connectivity index (χ3n) is 5.64. The molecule has 0 radical (unpaired) electrons. The van der Waals surface area contributed by atoms with Gasteiger partial charge in [-0.1, -0.05) is 6.92 Å². The predicted molar refractivity (Wildman–Crippen MR) is 94.7 cm³/mol. The van der Waals surface area contributed by atoms with Gasteiger partial charge in [-0.15, -0.1) is 0 Å². The van der Waals surface area contributed by atoms with Gasteiger partial charge in [-0.25, -0.2) is 0 Å². The van der Waals surface area contributed by atoms with Crippen molar-refractivity contribution in [1.29, 1.82) is 0 Å². The van der Waals surface area contributed by atoms with Gasteiger partial charge in [0.1, 0.15) is 0 Å². The Kier molecular flexibility index (Phi) is 5.95. The largest absolute Gasteiger partial charge is 0.385 e. The second-order valence-corrected chi connectivity index (χ2v) is 7.23. The maximum absolute atomic E-state index is 13.1. The molecule has 24 heavy (non-hydrogen) atoms. The van der Waals surface area contributed by atoms with Gasteiger partial charge in [0.25, 0.3) is 0 Å². The minimum atomic E-state index is 0.206. The first kappa shape index (κ1) is 17.5. The first-order valence-corrected chi connectivity index (χ1v) is 9.35. The van der Waals surface area contributed by atoms with E-state index in [4.69, 9.17) is 4.74 Å². The zero-order valence-electron chi connectivity index (χ0n) is 15.1. The van der Waals surface area contributed by atoms with Crippen LogP contribution in [-0.4, -0.2) is 60.2 Å². The van der Waals surface area contributed by atoms with Gasteiger partial charge in [0.2, 0.25) is 5.91 Å². The number of carbonyl (C=O) groups is 1. The van der Waals surface area contributed by atoms with Crippen molar-refractivity contribution in [2.75, 3.05) is 39.9 Å². The number of rotatable bonds is 5. The standard InChI is InChI=1S/C19H31N3O2/c1-3-20-10-6-17(7-11-20)19(23)22-14-16(8-12-24-2)13-21-9-4-5-18(21)15-22/h4-5,9,16-17H,3,6-8,10-15H2,1-2H3/t16-/m1/s1. The first-order valence-electron chi connectivity index (χ1n) is 9.35. The second kappa shape index (κ2) is 8.17. The molecule has 0 bridgehead atoms. The molecule has 1 aromatic rings. The van der Waals surface area contributed by atoms with E-state index in [1.807, 2.05) is 0 Å². The molecule has 2 aliphatic heterocycles. The lowest BCUT2D eigenvalue weighted by atomic mass is 9.94. The predicted octanol–water partition coefficient (Wildman–Crippen LogP) is 2.21. The molecule has 1 amide bonds. The summed E-state index contributed by atoms with van der Waals surface area (Å²) in [5, 5.41) is 0. The molecular formula is C19H31N3O2. The highest BCUT2D eigenvalue weighted by molar-refractivity contribution is 5.79. The van der Waals surface area contributed by atoms with E-state index in [1.54, 1.807) is 7.11 Å². The summed E-state index contributed by atoms with van der Waals surface area (Å²) in [5.41, 5.74) is 1.26. The van der Waals surface area contributed by atoms with E-state index in [1.165, 1.54) is 5.69 Å². The van der Waals surface area contributed by atoms with Crippen LogP contribution in [0.2, 0.25) is 0 Å². The smallest absolute Gasteiger partial charge is 0.226 e. The molecule has 5 heteroatoms. The van der Waals surface area contributed by atoms with E-state index in [9.17, 15) is 4.79 Å². The monoisotopic (exact) mass is 333 g/mol. The summed E-state index contributed by atoms with van der Waals surface area (Å²) in [6.07, 6.45) is 5.16. The fourth-order valence-corrected chi connectivity index (χ4v) is 4.07. The van der Waals surface area contributed by atoms with Crippen LogP contribution in [0.1, 0.15) is 31.9 Å². The molecule has 2 aliphatic rings. The molecule has 0 unspecified atom stereocenters. The summed E-state index contributed by atoms with van der Waals surface area (Å²) in [6.45, 7) is 8.78. The molecule has 1 saturated heterocycles. The van der Waals surface area contributed by atoms with Gasteiger partial charge in [-0.05, 0) is 56.9 Å². The molecule has 1 atom stereocenters. The highest BCUT2D eigenvalue weighted by atomic mass is 16.5. The molecule has 1 fully saturated rings. The number of hydrogen-bond acceptors (Lipinski definition) is 3. The molecule has 1 aromatic heterocycles. The number of methoxy groups -OCH3 is 1. The lowest BCUT2D eigenvalue weighted by Crippen LogP contribution is -2.43.